The molecule has 0 amide bonds. The normalized spacial score (nSPS) is 11.3. The quantitative estimate of drug-likeness (QED) is 0.930. The molecule has 0 bridgehead atoms. The van der Waals surface area contributed by atoms with E-state index in [0.29, 0.717) is 22.5 Å². The molecule has 1 aromatic carbocycles. The minimum atomic E-state index is 0.353. The summed E-state index contributed by atoms with van der Waals surface area (Å²) in [5, 5.41) is 1.31. The van der Waals surface area contributed by atoms with Gasteiger partial charge in [0.2, 0.25) is 0 Å². The summed E-state index contributed by atoms with van der Waals surface area (Å²) in [5.74, 6) is 1.25. The highest BCUT2D eigenvalue weighted by atomic mass is 35.5. The highest BCUT2D eigenvalue weighted by molar-refractivity contribution is 6.34. The molecule has 0 saturated carbocycles. The zero-order valence-corrected chi connectivity index (χ0v) is 13.5. The monoisotopic (exact) mass is 311 g/mol. The predicted molar refractivity (Wildman–Crippen MR) is 84.5 cm³/mol. The summed E-state index contributed by atoms with van der Waals surface area (Å²) in [4.78, 5) is 4.64. The minimum Gasteiger partial charge on any atom is -0.333 e. The van der Waals surface area contributed by atoms with E-state index in [1.165, 1.54) is 5.69 Å². The molecule has 0 radical (unpaired) electrons. The molecule has 0 aliphatic rings. The van der Waals surface area contributed by atoms with E-state index in [2.05, 4.69) is 23.4 Å². The van der Waals surface area contributed by atoms with Crippen molar-refractivity contribution in [2.45, 2.75) is 32.7 Å². The van der Waals surface area contributed by atoms with Gasteiger partial charge in [0, 0.05) is 29.2 Å². The highest BCUT2D eigenvalue weighted by Gasteiger charge is 2.17. The summed E-state index contributed by atoms with van der Waals surface area (Å²) in [6.07, 6.45) is 0.747. The number of imidazole rings is 1. The van der Waals surface area contributed by atoms with Gasteiger partial charge in [0.15, 0.2) is 0 Å². The topological polar surface area (TPSA) is 43.8 Å². The fourth-order valence-corrected chi connectivity index (χ4v) is 2.94. The molecule has 2 N–H and O–H groups in total. The molecular weight excluding hydrogens is 293 g/mol. The van der Waals surface area contributed by atoms with Crippen LogP contribution >= 0.6 is 23.2 Å². The van der Waals surface area contributed by atoms with Crippen LogP contribution in [0.3, 0.4) is 0 Å². The first-order chi connectivity index (χ1) is 9.42. The molecule has 20 heavy (non-hydrogen) atoms. The van der Waals surface area contributed by atoms with Crippen molar-refractivity contribution in [2.75, 3.05) is 0 Å². The Morgan fingerprint density at radius 1 is 1.20 bits per heavy atom. The van der Waals surface area contributed by atoms with Gasteiger partial charge in [-0.3, -0.25) is 0 Å². The Hall–Kier alpha value is -1.03. The first-order valence-corrected chi connectivity index (χ1v) is 7.37. The summed E-state index contributed by atoms with van der Waals surface area (Å²) < 4.78 is 2.07. The van der Waals surface area contributed by atoms with Crippen LogP contribution in [0.15, 0.2) is 18.2 Å². The lowest BCUT2D eigenvalue weighted by molar-refractivity contribution is 0.757. The molecule has 0 unspecified atom stereocenters. The Morgan fingerprint density at radius 3 is 2.30 bits per heavy atom. The molecule has 3 nitrogen and oxygen atoms in total. The van der Waals surface area contributed by atoms with Crippen molar-refractivity contribution < 1.29 is 0 Å². The van der Waals surface area contributed by atoms with Crippen LogP contribution < -0.4 is 5.73 Å². The largest absolute Gasteiger partial charge is 0.333 e. The smallest absolute Gasteiger partial charge is 0.122 e. The van der Waals surface area contributed by atoms with E-state index in [1.54, 1.807) is 6.07 Å². The minimum absolute atomic E-state index is 0.353. The molecule has 2 rings (SSSR count). The number of halogens is 2. The van der Waals surface area contributed by atoms with Crippen molar-refractivity contribution in [1.82, 2.24) is 9.55 Å². The van der Waals surface area contributed by atoms with Crippen LogP contribution in [0.25, 0.3) is 0 Å². The van der Waals surface area contributed by atoms with Gasteiger partial charge in [-0.05, 0) is 29.7 Å². The number of nitrogens with two attached hydrogens (primary N) is 1. The molecular formula is C15H19Cl2N3. The third-order valence-corrected chi connectivity index (χ3v) is 3.80. The number of nitrogens with zero attached hydrogens (tertiary/aromatic N) is 2. The third-order valence-electron chi connectivity index (χ3n) is 3.36. The van der Waals surface area contributed by atoms with Crippen molar-refractivity contribution in [3.8, 4) is 0 Å². The standard InChI is InChI=1S/C15H19Cl2N3/c1-9(2)15-13(20(3)14(8-18)19-15)6-10-4-11(16)7-12(17)5-10/h4-5,7,9H,6,8,18H2,1-3H3. The molecule has 0 atom stereocenters. The number of hydrogen-bond acceptors (Lipinski definition) is 2. The second-order valence-electron chi connectivity index (χ2n) is 5.23. The SMILES string of the molecule is CC(C)c1nc(CN)n(C)c1Cc1cc(Cl)cc(Cl)c1. The number of rotatable bonds is 4. The Balaban J connectivity index is 2.44. The Kier molecular flexibility index (Phi) is 4.74. The average Bonchev–Trinajstić information content (AvgIpc) is 2.65. The van der Waals surface area contributed by atoms with Gasteiger partial charge in [-0.25, -0.2) is 4.98 Å². The zero-order valence-electron chi connectivity index (χ0n) is 12.0. The fraction of sp³-hybridized carbons (Fsp3) is 0.400. The summed E-state index contributed by atoms with van der Waals surface area (Å²) in [7, 11) is 2.00. The number of aromatic nitrogens is 2. The lowest BCUT2D eigenvalue weighted by atomic mass is 10.0. The van der Waals surface area contributed by atoms with Crippen LogP contribution in [0.1, 0.15) is 42.5 Å². The zero-order chi connectivity index (χ0) is 14.9. The van der Waals surface area contributed by atoms with E-state index in [1.807, 2.05) is 19.2 Å². The van der Waals surface area contributed by atoms with Gasteiger partial charge in [-0.2, -0.15) is 0 Å². The fourth-order valence-electron chi connectivity index (χ4n) is 2.37. The van der Waals surface area contributed by atoms with Crippen LogP contribution in [0.4, 0.5) is 0 Å². The molecule has 0 fully saturated rings. The van der Waals surface area contributed by atoms with E-state index in [9.17, 15) is 0 Å². The molecule has 5 heteroatoms. The lowest BCUT2D eigenvalue weighted by Crippen LogP contribution is -2.07. The first-order valence-electron chi connectivity index (χ1n) is 6.61. The van der Waals surface area contributed by atoms with Gasteiger partial charge >= 0.3 is 0 Å². The van der Waals surface area contributed by atoms with Crippen molar-refractivity contribution >= 4 is 23.2 Å². The van der Waals surface area contributed by atoms with E-state index >= 15 is 0 Å². The van der Waals surface area contributed by atoms with Crippen molar-refractivity contribution in [2.24, 2.45) is 12.8 Å². The maximum atomic E-state index is 6.06. The van der Waals surface area contributed by atoms with Gasteiger partial charge in [-0.15, -0.1) is 0 Å². The molecule has 1 aromatic heterocycles. The summed E-state index contributed by atoms with van der Waals surface area (Å²) in [6.45, 7) is 4.71. The number of benzene rings is 1. The maximum Gasteiger partial charge on any atom is 0.122 e. The van der Waals surface area contributed by atoms with Gasteiger partial charge < -0.3 is 10.3 Å². The van der Waals surface area contributed by atoms with Crippen molar-refractivity contribution in [3.63, 3.8) is 0 Å². The van der Waals surface area contributed by atoms with Crippen molar-refractivity contribution in [3.05, 3.63) is 51.0 Å². The van der Waals surface area contributed by atoms with E-state index in [4.69, 9.17) is 28.9 Å². The number of hydrogen-bond donors (Lipinski definition) is 1. The van der Waals surface area contributed by atoms with Crippen LogP contribution in [0, 0.1) is 0 Å². The van der Waals surface area contributed by atoms with Gasteiger partial charge in [0.25, 0.3) is 0 Å². The second kappa shape index (κ2) is 6.17. The van der Waals surface area contributed by atoms with Crippen LogP contribution in [-0.2, 0) is 20.0 Å². The van der Waals surface area contributed by atoms with E-state index in [-0.39, 0.29) is 0 Å². The van der Waals surface area contributed by atoms with E-state index < -0.39 is 0 Å². The summed E-state index contributed by atoms with van der Waals surface area (Å²) >= 11 is 12.1. The lowest BCUT2D eigenvalue weighted by Gasteiger charge is -2.10. The summed E-state index contributed by atoms with van der Waals surface area (Å²) in [6, 6.07) is 5.61. The molecule has 108 valence electrons. The van der Waals surface area contributed by atoms with Gasteiger partial charge in [-0.1, -0.05) is 37.0 Å². The molecule has 0 aliphatic heterocycles. The molecule has 2 aromatic rings. The second-order valence-corrected chi connectivity index (χ2v) is 6.11. The molecule has 1 heterocycles. The average molecular weight is 312 g/mol. The maximum absolute atomic E-state index is 6.06. The molecule has 0 spiro atoms. The van der Waals surface area contributed by atoms with Gasteiger partial charge in [0.05, 0.1) is 12.2 Å². The van der Waals surface area contributed by atoms with Crippen LogP contribution in [0.2, 0.25) is 10.0 Å². The molecule has 0 saturated heterocycles. The van der Waals surface area contributed by atoms with Gasteiger partial charge in [0.1, 0.15) is 5.82 Å². The molecule has 0 aliphatic carbocycles. The Labute approximate surface area is 129 Å². The Bertz CT molecular complexity index is 598. The van der Waals surface area contributed by atoms with E-state index in [0.717, 1.165) is 23.5 Å². The van der Waals surface area contributed by atoms with Crippen molar-refractivity contribution in [1.29, 1.82) is 0 Å². The summed E-state index contributed by atoms with van der Waals surface area (Å²) in [5.41, 5.74) is 9.08. The van der Waals surface area contributed by atoms with Crippen LogP contribution in [-0.4, -0.2) is 9.55 Å². The first kappa shape index (κ1) is 15.4. The Morgan fingerprint density at radius 2 is 1.80 bits per heavy atom. The van der Waals surface area contributed by atoms with Crippen LogP contribution in [0.5, 0.6) is 0 Å². The highest BCUT2D eigenvalue weighted by Crippen LogP contribution is 2.25. The predicted octanol–water partition coefficient (Wildman–Crippen LogP) is 3.90. The third kappa shape index (κ3) is 3.17.